The maximum absolute atomic E-state index is 13.4. The number of aliphatic hydroxyl groups excluding tert-OH is 1. The topological polar surface area (TPSA) is 113 Å². The van der Waals surface area contributed by atoms with Crippen molar-refractivity contribution in [1.29, 1.82) is 0 Å². The van der Waals surface area contributed by atoms with Crippen LogP contribution in [-0.2, 0) is 59.6 Å². The third-order valence-electron chi connectivity index (χ3n) is 7.99. The number of carbonyl (C=O) groups excluding carboxylic acids is 1. The van der Waals surface area contributed by atoms with Gasteiger partial charge < -0.3 is 38.6 Å². The number of benzene rings is 4. The largest absolute Gasteiger partial charge is 0.458 e. The van der Waals surface area contributed by atoms with Crippen molar-refractivity contribution in [2.45, 2.75) is 89.1 Å². The minimum absolute atomic E-state index is 0.0178. The van der Waals surface area contributed by atoms with Gasteiger partial charge in [-0.1, -0.05) is 121 Å². The fourth-order valence-corrected chi connectivity index (χ4v) is 5.63. The Hall–Kier alpha value is -3.93. The van der Waals surface area contributed by atoms with Crippen LogP contribution < -0.4 is 0 Å². The van der Waals surface area contributed by atoms with E-state index in [-0.39, 0.29) is 33.0 Å². The molecule has 6 atom stereocenters. The number of hydrogen-bond donors (Lipinski definition) is 2. The fourth-order valence-electron chi connectivity index (χ4n) is 5.63. The Morgan fingerprint density at radius 2 is 1.08 bits per heavy atom. The van der Waals surface area contributed by atoms with Crippen LogP contribution >= 0.6 is 0 Å². The average molecular weight is 671 g/mol. The number of esters is 1. The van der Waals surface area contributed by atoms with E-state index in [0.29, 0.717) is 0 Å². The lowest BCUT2D eigenvalue weighted by Gasteiger charge is -2.51. The zero-order valence-electron chi connectivity index (χ0n) is 28.2. The van der Waals surface area contributed by atoms with Crippen LogP contribution in [0.15, 0.2) is 121 Å². The SMILES string of the molecule is CC(C)(C)OC(=O)[C@@H](O)[C@]1(O)O[C@H](COCc2ccccc2)[C@H](OCc2ccccc2)[C@H](OCc2ccccc2)[C@H]1OCc1ccccc1. The first-order valence-corrected chi connectivity index (χ1v) is 16.5. The molecular weight excluding hydrogens is 624 g/mol. The lowest BCUT2D eigenvalue weighted by molar-refractivity contribution is -0.390. The van der Waals surface area contributed by atoms with Crippen LogP contribution in [0, 0.1) is 0 Å². The van der Waals surface area contributed by atoms with Crippen molar-refractivity contribution in [2.75, 3.05) is 6.61 Å². The second-order valence-electron chi connectivity index (χ2n) is 13.1. The summed E-state index contributed by atoms with van der Waals surface area (Å²) in [6, 6.07) is 38.2. The maximum atomic E-state index is 13.4. The summed E-state index contributed by atoms with van der Waals surface area (Å²) in [7, 11) is 0. The zero-order chi connectivity index (χ0) is 34.7. The van der Waals surface area contributed by atoms with E-state index in [1.54, 1.807) is 20.8 Å². The summed E-state index contributed by atoms with van der Waals surface area (Å²) in [5.74, 6) is -3.69. The van der Waals surface area contributed by atoms with Crippen molar-refractivity contribution >= 4 is 5.97 Å². The van der Waals surface area contributed by atoms with E-state index < -0.39 is 47.9 Å². The number of aliphatic hydroxyl groups is 2. The number of carbonyl (C=O) groups is 1. The molecule has 1 aliphatic heterocycles. The second kappa shape index (κ2) is 17.1. The van der Waals surface area contributed by atoms with Crippen LogP contribution in [-0.4, -0.2) is 64.7 Å². The van der Waals surface area contributed by atoms with Gasteiger partial charge in [-0.05, 0) is 43.0 Å². The van der Waals surface area contributed by atoms with Crippen LogP contribution in [0.25, 0.3) is 0 Å². The molecule has 1 aliphatic rings. The lowest BCUT2D eigenvalue weighted by atomic mass is 9.88. The van der Waals surface area contributed by atoms with E-state index in [2.05, 4.69) is 0 Å². The van der Waals surface area contributed by atoms with Gasteiger partial charge in [-0.2, -0.15) is 0 Å². The highest BCUT2D eigenvalue weighted by atomic mass is 16.7. The summed E-state index contributed by atoms with van der Waals surface area (Å²) < 4.78 is 37.5. The molecule has 4 aromatic carbocycles. The molecule has 49 heavy (non-hydrogen) atoms. The molecular formula is C40H46O9. The monoisotopic (exact) mass is 670 g/mol. The molecule has 0 aliphatic carbocycles. The van der Waals surface area contributed by atoms with Crippen molar-refractivity contribution in [3.63, 3.8) is 0 Å². The van der Waals surface area contributed by atoms with E-state index in [1.807, 2.05) is 121 Å². The summed E-state index contributed by atoms with van der Waals surface area (Å²) in [5.41, 5.74) is 2.56. The number of hydrogen-bond acceptors (Lipinski definition) is 9. The first-order chi connectivity index (χ1) is 23.6. The predicted molar refractivity (Wildman–Crippen MR) is 183 cm³/mol. The van der Waals surface area contributed by atoms with E-state index >= 15 is 0 Å². The summed E-state index contributed by atoms with van der Waals surface area (Å²) in [4.78, 5) is 13.4. The van der Waals surface area contributed by atoms with Crippen LogP contribution in [0.4, 0.5) is 0 Å². The minimum Gasteiger partial charge on any atom is -0.458 e. The van der Waals surface area contributed by atoms with E-state index in [4.69, 9.17) is 28.4 Å². The van der Waals surface area contributed by atoms with Gasteiger partial charge in [0.2, 0.25) is 11.9 Å². The summed E-state index contributed by atoms with van der Waals surface area (Å²) in [5, 5.41) is 24.0. The van der Waals surface area contributed by atoms with Gasteiger partial charge in [-0.3, -0.25) is 0 Å². The quantitative estimate of drug-likeness (QED) is 0.153. The van der Waals surface area contributed by atoms with Crippen LogP contribution in [0.3, 0.4) is 0 Å². The standard InChI is InChI=1S/C40H46O9/c1-39(2,3)49-38(42)36(41)40(43)37(47-27-32-22-14-7-15-23-32)35(46-26-31-20-12-6-13-21-31)34(45-25-30-18-10-5-11-19-30)33(48-40)28-44-24-29-16-8-4-9-17-29/h4-23,33-37,41,43H,24-28H2,1-3H3/t33-,34+,35+,36-,37-,40+/m1/s1. The molecule has 4 aromatic rings. The molecule has 0 bridgehead atoms. The van der Waals surface area contributed by atoms with Gasteiger partial charge in [-0.25, -0.2) is 4.79 Å². The molecule has 0 saturated carbocycles. The van der Waals surface area contributed by atoms with Crippen molar-refractivity contribution in [3.8, 4) is 0 Å². The summed E-state index contributed by atoms with van der Waals surface area (Å²) in [6.45, 7) is 5.54. The first kappa shape index (κ1) is 36.4. The molecule has 1 saturated heterocycles. The Labute approximate surface area is 288 Å². The Morgan fingerprint density at radius 3 is 1.53 bits per heavy atom. The van der Waals surface area contributed by atoms with Gasteiger partial charge in [-0.15, -0.1) is 0 Å². The summed E-state index contributed by atoms with van der Waals surface area (Å²) in [6.07, 6.45) is -6.50. The molecule has 1 heterocycles. The fraction of sp³-hybridized carbons (Fsp3) is 0.375. The van der Waals surface area contributed by atoms with E-state index in [0.717, 1.165) is 22.3 Å². The highest BCUT2D eigenvalue weighted by Gasteiger charge is 2.62. The molecule has 0 unspecified atom stereocenters. The normalized spacial score (nSPS) is 23.1. The van der Waals surface area contributed by atoms with Crippen molar-refractivity contribution < 1.29 is 43.4 Å². The van der Waals surface area contributed by atoms with Crippen molar-refractivity contribution in [2.24, 2.45) is 0 Å². The van der Waals surface area contributed by atoms with Crippen LogP contribution in [0.5, 0.6) is 0 Å². The minimum atomic E-state index is -2.62. The van der Waals surface area contributed by atoms with Gasteiger partial charge in [0, 0.05) is 0 Å². The third-order valence-corrected chi connectivity index (χ3v) is 7.99. The highest BCUT2D eigenvalue weighted by molar-refractivity contribution is 5.76. The van der Waals surface area contributed by atoms with Gasteiger partial charge in [0.05, 0.1) is 33.0 Å². The molecule has 9 heteroatoms. The molecule has 9 nitrogen and oxygen atoms in total. The van der Waals surface area contributed by atoms with Gasteiger partial charge in [0.1, 0.15) is 30.0 Å². The Balaban J connectivity index is 1.53. The molecule has 0 amide bonds. The first-order valence-electron chi connectivity index (χ1n) is 16.5. The lowest BCUT2D eigenvalue weighted by Crippen LogP contribution is -2.72. The third kappa shape index (κ3) is 10.3. The molecule has 5 rings (SSSR count). The Morgan fingerprint density at radius 1 is 0.673 bits per heavy atom. The Bertz CT molecular complexity index is 1550. The summed E-state index contributed by atoms with van der Waals surface area (Å²) >= 11 is 0. The smallest absolute Gasteiger partial charge is 0.341 e. The number of rotatable bonds is 15. The molecule has 260 valence electrons. The number of ether oxygens (including phenoxy) is 6. The van der Waals surface area contributed by atoms with Gasteiger partial charge in [0.25, 0.3) is 0 Å². The van der Waals surface area contributed by atoms with E-state index in [1.165, 1.54) is 0 Å². The van der Waals surface area contributed by atoms with E-state index in [9.17, 15) is 15.0 Å². The second-order valence-corrected chi connectivity index (χ2v) is 13.1. The molecule has 0 spiro atoms. The maximum Gasteiger partial charge on any atom is 0.341 e. The van der Waals surface area contributed by atoms with Crippen LogP contribution in [0.2, 0.25) is 0 Å². The van der Waals surface area contributed by atoms with Gasteiger partial charge in [0.15, 0.2) is 0 Å². The average Bonchev–Trinajstić information content (AvgIpc) is 3.10. The Kier molecular flexibility index (Phi) is 12.7. The highest BCUT2D eigenvalue weighted by Crippen LogP contribution is 2.38. The zero-order valence-corrected chi connectivity index (χ0v) is 28.2. The van der Waals surface area contributed by atoms with Crippen molar-refractivity contribution in [1.82, 2.24) is 0 Å². The molecule has 1 fully saturated rings. The van der Waals surface area contributed by atoms with Crippen LogP contribution in [0.1, 0.15) is 43.0 Å². The van der Waals surface area contributed by atoms with Crippen molar-refractivity contribution in [3.05, 3.63) is 144 Å². The molecule has 2 N–H and O–H groups in total. The molecule has 0 aromatic heterocycles. The van der Waals surface area contributed by atoms with Gasteiger partial charge >= 0.3 is 5.97 Å². The predicted octanol–water partition coefficient (Wildman–Crippen LogP) is 5.75. The molecule has 0 radical (unpaired) electrons.